The van der Waals surface area contributed by atoms with Crippen molar-refractivity contribution in [3.63, 3.8) is 0 Å². The number of nitrogens with one attached hydrogen (secondary N) is 2. The van der Waals surface area contributed by atoms with Crippen molar-refractivity contribution in [3.05, 3.63) is 22.4 Å². The number of aliphatic hydroxyl groups excluding tert-OH is 1. The third kappa shape index (κ3) is 3.09. The molecule has 4 nitrogen and oxygen atoms in total. The Kier molecular flexibility index (Phi) is 4.50. The lowest BCUT2D eigenvalue weighted by atomic mass is 9.85. The van der Waals surface area contributed by atoms with E-state index in [4.69, 9.17) is 0 Å². The van der Waals surface area contributed by atoms with E-state index in [9.17, 15) is 9.90 Å². The summed E-state index contributed by atoms with van der Waals surface area (Å²) in [7, 11) is 0. The fourth-order valence-electron chi connectivity index (χ4n) is 4.02. The summed E-state index contributed by atoms with van der Waals surface area (Å²) in [6.07, 6.45) is 3.57. The number of fused-ring (bicyclic) bond motifs is 2. The first-order valence-corrected chi connectivity index (χ1v) is 8.75. The van der Waals surface area contributed by atoms with Gasteiger partial charge in [0.1, 0.15) is 0 Å². The zero-order valence-corrected chi connectivity index (χ0v) is 13.2. The molecule has 5 unspecified atom stereocenters. The second kappa shape index (κ2) is 6.36. The molecule has 0 aromatic carbocycles. The van der Waals surface area contributed by atoms with Crippen molar-refractivity contribution in [2.24, 2.45) is 17.8 Å². The van der Waals surface area contributed by atoms with E-state index in [1.807, 2.05) is 6.07 Å². The van der Waals surface area contributed by atoms with E-state index in [2.05, 4.69) is 29.0 Å². The topological polar surface area (TPSA) is 61.4 Å². The van der Waals surface area contributed by atoms with Gasteiger partial charge in [0, 0.05) is 35.9 Å². The van der Waals surface area contributed by atoms with Gasteiger partial charge in [0.25, 0.3) is 0 Å². The molecule has 5 heteroatoms. The van der Waals surface area contributed by atoms with Gasteiger partial charge in [-0.3, -0.25) is 0 Å². The van der Waals surface area contributed by atoms with Crippen molar-refractivity contribution in [2.75, 3.05) is 13.2 Å². The number of carbonyl (C=O) groups excluding carboxylic acids is 1. The largest absolute Gasteiger partial charge is 0.396 e. The van der Waals surface area contributed by atoms with Gasteiger partial charge in [-0.25, -0.2) is 4.79 Å². The van der Waals surface area contributed by atoms with Crippen LogP contribution in [-0.2, 0) is 0 Å². The van der Waals surface area contributed by atoms with Gasteiger partial charge in [-0.15, -0.1) is 11.3 Å². The minimum Gasteiger partial charge on any atom is -0.396 e. The van der Waals surface area contributed by atoms with E-state index in [1.165, 1.54) is 24.1 Å². The molecule has 2 aliphatic rings. The number of thiophene rings is 1. The predicted octanol–water partition coefficient (Wildman–Crippen LogP) is 2.56. The third-order valence-corrected chi connectivity index (χ3v) is 6.30. The van der Waals surface area contributed by atoms with Crippen LogP contribution in [0.5, 0.6) is 0 Å². The van der Waals surface area contributed by atoms with Crippen molar-refractivity contribution < 1.29 is 9.90 Å². The highest BCUT2D eigenvalue weighted by atomic mass is 32.1. The number of aliphatic hydroxyl groups is 1. The molecule has 3 N–H and O–H groups in total. The Morgan fingerprint density at radius 1 is 1.48 bits per heavy atom. The van der Waals surface area contributed by atoms with Gasteiger partial charge in [-0.2, -0.15) is 0 Å². The van der Waals surface area contributed by atoms with Crippen LogP contribution >= 0.6 is 11.3 Å². The van der Waals surface area contributed by atoms with E-state index in [0.29, 0.717) is 24.3 Å². The van der Waals surface area contributed by atoms with Gasteiger partial charge in [0.05, 0.1) is 0 Å². The molecule has 0 aliphatic heterocycles. The van der Waals surface area contributed by atoms with Crippen molar-refractivity contribution in [3.8, 4) is 0 Å². The van der Waals surface area contributed by atoms with Gasteiger partial charge in [-0.1, -0.05) is 13.0 Å². The summed E-state index contributed by atoms with van der Waals surface area (Å²) in [5.41, 5.74) is 0. The molecule has 2 fully saturated rings. The van der Waals surface area contributed by atoms with Gasteiger partial charge >= 0.3 is 6.03 Å². The lowest BCUT2D eigenvalue weighted by Gasteiger charge is -2.30. The van der Waals surface area contributed by atoms with Crippen LogP contribution in [0.25, 0.3) is 0 Å². The maximum Gasteiger partial charge on any atom is 0.315 e. The summed E-state index contributed by atoms with van der Waals surface area (Å²) >= 11 is 1.72. The first kappa shape index (κ1) is 14.9. The van der Waals surface area contributed by atoms with Crippen LogP contribution < -0.4 is 10.6 Å². The SMILES string of the molecule is CC(CNC(=O)NC1C2CCC(C2)C1CO)c1cccs1. The molecule has 5 atom stereocenters. The maximum atomic E-state index is 12.1. The first-order valence-electron chi connectivity index (χ1n) is 7.87. The second-order valence-corrected chi connectivity index (χ2v) is 7.46. The Labute approximate surface area is 129 Å². The maximum absolute atomic E-state index is 12.1. The summed E-state index contributed by atoms with van der Waals surface area (Å²) in [5.74, 6) is 1.76. The lowest BCUT2D eigenvalue weighted by molar-refractivity contribution is 0.144. The van der Waals surface area contributed by atoms with E-state index >= 15 is 0 Å². The van der Waals surface area contributed by atoms with Crippen LogP contribution in [-0.4, -0.2) is 30.3 Å². The van der Waals surface area contributed by atoms with Gasteiger partial charge in [0.15, 0.2) is 0 Å². The van der Waals surface area contributed by atoms with Crippen LogP contribution in [0.3, 0.4) is 0 Å². The number of carbonyl (C=O) groups is 1. The second-order valence-electron chi connectivity index (χ2n) is 6.48. The average molecular weight is 308 g/mol. The van der Waals surface area contributed by atoms with Crippen LogP contribution in [0.4, 0.5) is 4.79 Å². The van der Waals surface area contributed by atoms with E-state index in [1.54, 1.807) is 11.3 Å². The summed E-state index contributed by atoms with van der Waals surface area (Å²) < 4.78 is 0. The molecule has 1 aromatic heterocycles. The van der Waals surface area contributed by atoms with Crippen LogP contribution in [0, 0.1) is 17.8 Å². The Morgan fingerprint density at radius 2 is 2.29 bits per heavy atom. The first-order chi connectivity index (χ1) is 10.2. The smallest absolute Gasteiger partial charge is 0.315 e. The number of hydrogen-bond acceptors (Lipinski definition) is 3. The fraction of sp³-hybridized carbons (Fsp3) is 0.688. The van der Waals surface area contributed by atoms with E-state index in [-0.39, 0.29) is 24.6 Å². The van der Waals surface area contributed by atoms with Crippen molar-refractivity contribution in [1.82, 2.24) is 10.6 Å². The highest BCUT2D eigenvalue weighted by Crippen LogP contribution is 2.48. The normalized spacial score (nSPS) is 32.1. The molecule has 0 radical (unpaired) electrons. The van der Waals surface area contributed by atoms with E-state index in [0.717, 1.165) is 0 Å². The Morgan fingerprint density at radius 3 is 3.00 bits per heavy atom. The zero-order valence-electron chi connectivity index (χ0n) is 12.4. The van der Waals surface area contributed by atoms with Crippen LogP contribution in [0.15, 0.2) is 17.5 Å². The van der Waals surface area contributed by atoms with Crippen LogP contribution in [0.1, 0.15) is 37.0 Å². The predicted molar refractivity (Wildman–Crippen MR) is 84.5 cm³/mol. The van der Waals surface area contributed by atoms with E-state index < -0.39 is 0 Å². The molecule has 3 rings (SSSR count). The van der Waals surface area contributed by atoms with Crippen molar-refractivity contribution >= 4 is 17.4 Å². The molecule has 21 heavy (non-hydrogen) atoms. The molecule has 1 heterocycles. The molecule has 0 saturated heterocycles. The van der Waals surface area contributed by atoms with Gasteiger partial charge in [-0.05, 0) is 42.5 Å². The molecular weight excluding hydrogens is 284 g/mol. The monoisotopic (exact) mass is 308 g/mol. The minimum atomic E-state index is -0.0885. The summed E-state index contributed by atoms with van der Waals surface area (Å²) in [6, 6.07) is 4.21. The molecule has 2 aliphatic carbocycles. The molecule has 1 aromatic rings. The molecule has 2 saturated carbocycles. The highest BCUT2D eigenvalue weighted by Gasteiger charge is 2.47. The Balaban J connectivity index is 1.48. The molecule has 2 amide bonds. The highest BCUT2D eigenvalue weighted by molar-refractivity contribution is 7.10. The zero-order chi connectivity index (χ0) is 14.8. The summed E-state index contributed by atoms with van der Waals surface area (Å²) in [6.45, 7) is 2.97. The van der Waals surface area contributed by atoms with Gasteiger partial charge < -0.3 is 15.7 Å². The number of urea groups is 1. The standard InChI is InChI=1S/C16H24N2O2S/c1-10(14-3-2-6-21-14)8-17-16(20)18-15-12-5-4-11(7-12)13(15)9-19/h2-3,6,10-13,15,19H,4-5,7-9H2,1H3,(H2,17,18,20). The fourth-order valence-corrected chi connectivity index (χ4v) is 4.81. The molecule has 116 valence electrons. The van der Waals surface area contributed by atoms with Crippen molar-refractivity contribution in [2.45, 2.75) is 38.1 Å². The third-order valence-electron chi connectivity index (χ3n) is 5.19. The van der Waals surface area contributed by atoms with Gasteiger partial charge in [0.2, 0.25) is 0 Å². The number of amides is 2. The lowest BCUT2D eigenvalue weighted by Crippen LogP contribution is -2.49. The van der Waals surface area contributed by atoms with Crippen molar-refractivity contribution in [1.29, 1.82) is 0 Å². The van der Waals surface area contributed by atoms with Crippen LogP contribution in [0.2, 0.25) is 0 Å². The number of hydrogen-bond donors (Lipinski definition) is 3. The summed E-state index contributed by atoms with van der Waals surface area (Å²) in [5, 5.41) is 17.7. The average Bonchev–Trinajstić information content (AvgIpc) is 3.20. The Bertz CT molecular complexity index is 477. The Hall–Kier alpha value is -1.07. The minimum absolute atomic E-state index is 0.0885. The summed E-state index contributed by atoms with van der Waals surface area (Å²) in [4.78, 5) is 13.4. The molecule has 2 bridgehead atoms. The number of rotatable bonds is 5. The quantitative estimate of drug-likeness (QED) is 0.783. The molecular formula is C16H24N2O2S. The molecule has 0 spiro atoms.